The van der Waals surface area contributed by atoms with Crippen LogP contribution in [0.3, 0.4) is 0 Å². The molecule has 1 radical (unpaired) electrons. The number of carbonyl (C=O) groups is 2. The Hall–Kier alpha value is -3.89. The molecule has 0 aromatic heterocycles. The van der Waals surface area contributed by atoms with Crippen molar-refractivity contribution >= 4 is 59.9 Å². The van der Waals surface area contributed by atoms with Crippen LogP contribution in [-0.2, 0) is 35.5 Å². The molecule has 0 spiro atoms. The number of fused-ring (bicyclic) bond motifs is 4. The number of hydrogen-bond donors (Lipinski definition) is 1. The molecule has 0 saturated heterocycles. The zero-order valence-electron chi connectivity index (χ0n) is 26.7. The van der Waals surface area contributed by atoms with Crippen molar-refractivity contribution in [3.8, 4) is 0 Å². The summed E-state index contributed by atoms with van der Waals surface area (Å²) in [6, 6.07) is 34.6. The van der Waals surface area contributed by atoms with Gasteiger partial charge in [0.2, 0.25) is 0 Å². The molecule has 2 fully saturated rings. The zero-order chi connectivity index (χ0) is 33.5. The second kappa shape index (κ2) is 16.0. The second-order valence-corrected chi connectivity index (χ2v) is 13.7. The van der Waals surface area contributed by atoms with Gasteiger partial charge in [0, 0.05) is 16.6 Å². The summed E-state index contributed by atoms with van der Waals surface area (Å²) < 4.78 is 14.9. The fourth-order valence-electron chi connectivity index (χ4n) is 7.10. The molecule has 2 saturated carbocycles. The number of anilines is 2. The number of nitrogens with zero attached hydrogens (tertiary/aromatic N) is 3. The Kier molecular flexibility index (Phi) is 11.3. The minimum absolute atomic E-state index is 0.217. The van der Waals surface area contributed by atoms with E-state index in [-0.39, 0.29) is 12.2 Å². The van der Waals surface area contributed by atoms with Gasteiger partial charge in [-0.1, -0.05) is 94.8 Å². The van der Waals surface area contributed by atoms with Gasteiger partial charge in [0.1, 0.15) is 13.2 Å². The third-order valence-electron chi connectivity index (χ3n) is 9.74. The normalized spacial score (nSPS) is 20.9. The molecule has 0 bridgehead atoms. The second-order valence-electron chi connectivity index (χ2n) is 12.6. The van der Waals surface area contributed by atoms with E-state index in [4.69, 9.17) is 9.47 Å². The average molecular weight is 724 g/mol. The van der Waals surface area contributed by atoms with E-state index in [1.54, 1.807) is 0 Å². The van der Waals surface area contributed by atoms with Gasteiger partial charge in [-0.05, 0) is 96.9 Å². The molecule has 4 aromatic carbocycles. The molecule has 245 valence electrons. The van der Waals surface area contributed by atoms with Crippen LogP contribution in [0.2, 0.25) is 0 Å². The van der Waals surface area contributed by atoms with Gasteiger partial charge in [0.25, 0.3) is 0 Å². The Balaban J connectivity index is 0.000000155. The zero-order valence-corrected chi connectivity index (χ0v) is 29.1. The molecule has 2 aliphatic carbocycles. The minimum atomic E-state index is -0.230. The molecule has 4 aliphatic rings. The summed E-state index contributed by atoms with van der Waals surface area (Å²) in [6.07, 6.45) is 6.25. The number of benzene rings is 4. The van der Waals surface area contributed by atoms with Crippen molar-refractivity contribution in [2.75, 3.05) is 9.80 Å². The molecular weight excluding hydrogens is 685 g/mol. The van der Waals surface area contributed by atoms with E-state index in [1.165, 1.54) is 24.0 Å². The number of para-hydroxylation sites is 1. The van der Waals surface area contributed by atoms with E-state index in [1.807, 2.05) is 101 Å². The van der Waals surface area contributed by atoms with Crippen molar-refractivity contribution in [2.24, 2.45) is 16.1 Å². The topological polar surface area (TPSA) is 71.4 Å². The van der Waals surface area contributed by atoms with Crippen molar-refractivity contribution < 1.29 is 19.1 Å². The predicted octanol–water partition coefficient (Wildman–Crippen LogP) is 9.27. The van der Waals surface area contributed by atoms with Crippen LogP contribution >= 0.6 is 28.7 Å². The monoisotopic (exact) mass is 722 g/mol. The molecule has 48 heavy (non-hydrogen) atoms. The van der Waals surface area contributed by atoms with Gasteiger partial charge in [-0.3, -0.25) is 9.80 Å². The van der Waals surface area contributed by atoms with Crippen LogP contribution in [-0.4, -0.2) is 31.9 Å². The van der Waals surface area contributed by atoms with Crippen LogP contribution in [0, 0.1) is 11.8 Å². The van der Waals surface area contributed by atoms with Crippen LogP contribution in [0.15, 0.2) is 112 Å². The quantitative estimate of drug-likeness (QED) is 0.168. The van der Waals surface area contributed by atoms with Gasteiger partial charge in [0.05, 0.1) is 11.4 Å². The van der Waals surface area contributed by atoms with Crippen LogP contribution in [0.1, 0.15) is 47.9 Å². The summed E-state index contributed by atoms with van der Waals surface area (Å²) in [6.45, 7) is 0.648. The van der Waals surface area contributed by atoms with E-state index >= 15 is 0 Å². The Bertz CT molecular complexity index is 1730. The van der Waals surface area contributed by atoms with Crippen molar-refractivity contribution in [3.05, 3.63) is 130 Å². The first-order chi connectivity index (χ1) is 23.5. The molecule has 7 nitrogen and oxygen atoms in total. The summed E-state index contributed by atoms with van der Waals surface area (Å²) in [5.41, 5.74) is 6.57. The maximum atomic E-state index is 12.7. The fraction of sp³-hybridized carbons (Fsp3) is 0.316. The van der Waals surface area contributed by atoms with Crippen molar-refractivity contribution in [2.45, 2.75) is 63.8 Å². The van der Waals surface area contributed by atoms with Crippen molar-refractivity contribution in [3.63, 3.8) is 0 Å². The molecule has 2 aliphatic heterocycles. The number of hydrogen-bond acceptors (Lipinski definition) is 6. The molecule has 10 heteroatoms. The third kappa shape index (κ3) is 7.71. The summed E-state index contributed by atoms with van der Waals surface area (Å²) >= 11 is 6.72. The molecule has 8 rings (SSSR count). The average Bonchev–Trinajstić information content (AvgIpc) is 3.09. The Morgan fingerprint density at radius 3 is 1.65 bits per heavy atom. The van der Waals surface area contributed by atoms with E-state index in [0.717, 1.165) is 52.7 Å². The van der Waals surface area contributed by atoms with Gasteiger partial charge < -0.3 is 9.47 Å². The first kappa shape index (κ1) is 34.0. The Labute approximate surface area is 297 Å². The van der Waals surface area contributed by atoms with Crippen LogP contribution in [0.5, 0.6) is 0 Å². The number of carbonyl (C=O) groups excluding carboxylic acids is 2. The van der Waals surface area contributed by atoms with Gasteiger partial charge in [-0.25, -0.2) is 9.59 Å². The van der Waals surface area contributed by atoms with E-state index in [2.05, 4.69) is 52.8 Å². The molecule has 2 amide bonds. The molecule has 2 heterocycles. The molecule has 4 atom stereocenters. The van der Waals surface area contributed by atoms with Gasteiger partial charge in [-0.15, -0.1) is 0 Å². The molecule has 0 N–H and O–H groups in total. The Morgan fingerprint density at radius 2 is 1.15 bits per heavy atom. The standard InChI is InChI=1S/C19H18BrNO2.C19H19NO2.BHNS/c20-16-7-9-18-15(11-16)10-14-6-8-17(14)21(18)19(22)23-12-13-4-2-1-3-5-13;21-19(22-13-14-6-2-1-3-7-14)20-17-9-5-4-8-15(17)12-16-10-11-18(16)20;1-2-3/h1-5,7,9,11,14,17H,6,8,10,12H2;1-9,16,18H,10-13H2;3H. The van der Waals surface area contributed by atoms with Crippen LogP contribution in [0.25, 0.3) is 0 Å². The van der Waals surface area contributed by atoms with E-state index in [0.29, 0.717) is 37.1 Å². The van der Waals surface area contributed by atoms with E-state index in [9.17, 15) is 9.59 Å². The fourth-order valence-corrected chi connectivity index (χ4v) is 7.51. The molecular formula is C38H38BBrN3O4S. The Morgan fingerprint density at radius 1 is 0.688 bits per heavy atom. The van der Waals surface area contributed by atoms with Crippen molar-refractivity contribution in [1.29, 1.82) is 0 Å². The van der Waals surface area contributed by atoms with Crippen LogP contribution < -0.4 is 9.80 Å². The summed E-state index contributed by atoms with van der Waals surface area (Å²) in [4.78, 5) is 29.1. The number of rotatable bonds is 4. The van der Waals surface area contributed by atoms with Crippen molar-refractivity contribution in [1.82, 2.24) is 0 Å². The number of amides is 2. The van der Waals surface area contributed by atoms with E-state index < -0.39 is 0 Å². The maximum absolute atomic E-state index is 12.7. The van der Waals surface area contributed by atoms with Gasteiger partial charge in [-0.2, -0.15) is 0 Å². The summed E-state index contributed by atoms with van der Waals surface area (Å²) in [5, 5.41) is 0. The molecule has 4 unspecified atom stereocenters. The SMILES string of the molecule is O=C(OCc1ccccc1)N1c2ccc(Br)cc2CC2CCC21.O=C(OCc1ccccc1)N1c2ccccc2CC2CCC21.[B]=NS. The van der Waals surface area contributed by atoms with Crippen LogP contribution in [0.4, 0.5) is 21.0 Å². The van der Waals surface area contributed by atoms with Gasteiger partial charge in [0.15, 0.2) is 0 Å². The van der Waals surface area contributed by atoms with Gasteiger partial charge >= 0.3 is 36.9 Å². The third-order valence-corrected chi connectivity index (χ3v) is 10.2. The summed E-state index contributed by atoms with van der Waals surface area (Å²) in [7, 11) is 4.34. The number of halogens is 1. The summed E-state index contributed by atoms with van der Waals surface area (Å²) in [5.74, 6) is 1.17. The molecule has 4 aromatic rings. The number of thiol groups is 1. The first-order valence-electron chi connectivity index (χ1n) is 16.4. The number of ether oxygens (including phenoxy) is 2. The predicted molar refractivity (Wildman–Crippen MR) is 196 cm³/mol. The first-order valence-corrected chi connectivity index (χ1v) is 17.6.